The highest BCUT2D eigenvalue weighted by molar-refractivity contribution is 7.15. The lowest BCUT2D eigenvalue weighted by atomic mass is 10.1. The average Bonchev–Trinajstić information content (AvgIpc) is 2.57. The maximum absolute atomic E-state index is 9.28. The number of hydrogen-bond acceptors (Lipinski definition) is 5. The van der Waals surface area contributed by atoms with Crippen LogP contribution in [0.25, 0.3) is 0 Å². The van der Waals surface area contributed by atoms with Crippen LogP contribution in [0, 0.1) is 13.8 Å². The van der Waals surface area contributed by atoms with Crippen LogP contribution in [-0.4, -0.2) is 41.5 Å². The number of thiazole rings is 1. The number of aliphatic hydroxyl groups excluding tert-OH is 1. The Hall–Kier alpha value is -0.650. The Morgan fingerprint density at radius 3 is 2.76 bits per heavy atom. The smallest absolute Gasteiger partial charge is 0.185 e. The standard InChI is InChI=1S/C12H20N2O2S/c1-8-9(2)17-11(13-8)14-5-10(6-15)16-12(3,4)7-14/h10,15H,5-7H2,1-4H3. The molecule has 96 valence electrons. The molecular weight excluding hydrogens is 236 g/mol. The number of rotatable bonds is 2. The Labute approximate surface area is 106 Å². The first kappa shape index (κ1) is 12.8. The Kier molecular flexibility index (Phi) is 3.43. The highest BCUT2D eigenvalue weighted by atomic mass is 32.1. The number of anilines is 1. The fourth-order valence-electron chi connectivity index (χ4n) is 2.13. The highest BCUT2D eigenvalue weighted by Crippen LogP contribution is 2.30. The molecule has 1 unspecified atom stereocenters. The topological polar surface area (TPSA) is 45.6 Å². The first-order chi connectivity index (χ1) is 7.91. The molecule has 1 aromatic rings. The van der Waals surface area contributed by atoms with Crippen LogP contribution < -0.4 is 4.90 Å². The molecule has 1 fully saturated rings. The van der Waals surface area contributed by atoms with Gasteiger partial charge in [0.25, 0.3) is 0 Å². The van der Waals surface area contributed by atoms with Gasteiger partial charge >= 0.3 is 0 Å². The lowest BCUT2D eigenvalue weighted by molar-refractivity contribution is -0.101. The van der Waals surface area contributed by atoms with Crippen molar-refractivity contribution in [3.05, 3.63) is 10.6 Å². The average molecular weight is 256 g/mol. The molecule has 0 aliphatic carbocycles. The molecule has 1 N–H and O–H groups in total. The Morgan fingerprint density at radius 2 is 2.24 bits per heavy atom. The molecule has 1 atom stereocenters. The molecule has 0 bridgehead atoms. The zero-order valence-electron chi connectivity index (χ0n) is 10.9. The van der Waals surface area contributed by atoms with Crippen molar-refractivity contribution >= 4 is 16.5 Å². The Balaban J connectivity index is 2.20. The van der Waals surface area contributed by atoms with Gasteiger partial charge in [-0.2, -0.15) is 0 Å². The second-order valence-corrected chi connectivity index (χ2v) is 6.38. The van der Waals surface area contributed by atoms with Crippen LogP contribution >= 0.6 is 11.3 Å². The molecule has 0 saturated carbocycles. The molecule has 1 aliphatic rings. The summed E-state index contributed by atoms with van der Waals surface area (Å²) in [5, 5.41) is 10.3. The van der Waals surface area contributed by atoms with Crippen molar-refractivity contribution in [2.75, 3.05) is 24.6 Å². The van der Waals surface area contributed by atoms with Crippen molar-refractivity contribution < 1.29 is 9.84 Å². The third-order valence-corrected chi connectivity index (χ3v) is 4.11. The molecule has 0 aromatic carbocycles. The summed E-state index contributed by atoms with van der Waals surface area (Å²) < 4.78 is 5.80. The van der Waals surface area contributed by atoms with E-state index in [1.165, 1.54) is 4.88 Å². The van der Waals surface area contributed by atoms with Crippen molar-refractivity contribution in [1.82, 2.24) is 4.98 Å². The van der Waals surface area contributed by atoms with E-state index in [4.69, 9.17) is 4.74 Å². The van der Waals surface area contributed by atoms with Gasteiger partial charge in [0.05, 0.1) is 24.0 Å². The lowest BCUT2D eigenvalue weighted by Gasteiger charge is -2.42. The van der Waals surface area contributed by atoms with Gasteiger partial charge in [0.15, 0.2) is 5.13 Å². The maximum atomic E-state index is 9.28. The predicted molar refractivity (Wildman–Crippen MR) is 69.8 cm³/mol. The largest absolute Gasteiger partial charge is 0.394 e. The highest BCUT2D eigenvalue weighted by Gasteiger charge is 2.34. The van der Waals surface area contributed by atoms with Crippen LogP contribution in [-0.2, 0) is 4.74 Å². The molecule has 4 nitrogen and oxygen atoms in total. The van der Waals surface area contributed by atoms with Gasteiger partial charge in [0.1, 0.15) is 0 Å². The summed E-state index contributed by atoms with van der Waals surface area (Å²) in [7, 11) is 0. The van der Waals surface area contributed by atoms with Gasteiger partial charge in [-0.25, -0.2) is 4.98 Å². The molecule has 2 heterocycles. The van der Waals surface area contributed by atoms with Crippen LogP contribution in [0.2, 0.25) is 0 Å². The first-order valence-corrected chi connectivity index (χ1v) is 6.70. The zero-order chi connectivity index (χ0) is 12.6. The second kappa shape index (κ2) is 4.55. The van der Waals surface area contributed by atoms with Crippen LogP contribution in [0.5, 0.6) is 0 Å². The minimum Gasteiger partial charge on any atom is -0.394 e. The Morgan fingerprint density at radius 1 is 1.53 bits per heavy atom. The summed E-state index contributed by atoms with van der Waals surface area (Å²) in [4.78, 5) is 8.05. The van der Waals surface area contributed by atoms with Crippen LogP contribution in [0.15, 0.2) is 0 Å². The van der Waals surface area contributed by atoms with Crippen molar-refractivity contribution in [3.63, 3.8) is 0 Å². The third-order valence-electron chi connectivity index (χ3n) is 2.97. The van der Waals surface area contributed by atoms with E-state index in [2.05, 4.69) is 30.7 Å². The predicted octanol–water partition coefficient (Wildman–Crippen LogP) is 1.74. The molecule has 2 rings (SSSR count). The summed E-state index contributed by atoms with van der Waals surface area (Å²) in [6, 6.07) is 0. The number of ether oxygens (including phenoxy) is 1. The van der Waals surface area contributed by atoms with E-state index in [0.717, 1.165) is 17.4 Å². The van der Waals surface area contributed by atoms with Gasteiger partial charge in [-0.1, -0.05) is 0 Å². The van der Waals surface area contributed by atoms with Gasteiger partial charge in [-0.05, 0) is 27.7 Å². The SMILES string of the molecule is Cc1nc(N2CC(CO)OC(C)(C)C2)sc1C. The summed E-state index contributed by atoms with van der Waals surface area (Å²) >= 11 is 1.71. The van der Waals surface area contributed by atoms with Gasteiger partial charge in [-0.3, -0.25) is 0 Å². The summed E-state index contributed by atoms with van der Waals surface area (Å²) in [5.41, 5.74) is 0.855. The molecule has 1 saturated heterocycles. The van der Waals surface area contributed by atoms with Crippen LogP contribution in [0.1, 0.15) is 24.4 Å². The van der Waals surface area contributed by atoms with E-state index in [0.29, 0.717) is 6.54 Å². The fourth-order valence-corrected chi connectivity index (χ4v) is 3.05. The number of nitrogens with zero attached hydrogens (tertiary/aromatic N) is 2. The molecular formula is C12H20N2O2S. The van der Waals surface area contributed by atoms with Gasteiger partial charge in [0, 0.05) is 18.0 Å². The van der Waals surface area contributed by atoms with Gasteiger partial charge in [0.2, 0.25) is 0 Å². The van der Waals surface area contributed by atoms with Crippen molar-refractivity contribution in [1.29, 1.82) is 0 Å². The number of hydrogen-bond donors (Lipinski definition) is 1. The second-order valence-electron chi connectivity index (χ2n) is 5.20. The van der Waals surface area contributed by atoms with Crippen molar-refractivity contribution in [3.8, 4) is 0 Å². The molecule has 1 aliphatic heterocycles. The van der Waals surface area contributed by atoms with Gasteiger partial charge < -0.3 is 14.7 Å². The van der Waals surface area contributed by atoms with Gasteiger partial charge in [-0.15, -0.1) is 11.3 Å². The molecule has 5 heteroatoms. The molecule has 0 radical (unpaired) electrons. The summed E-state index contributed by atoms with van der Waals surface area (Å²) in [5.74, 6) is 0. The summed E-state index contributed by atoms with van der Waals surface area (Å²) in [6.45, 7) is 9.81. The number of aliphatic hydroxyl groups is 1. The zero-order valence-corrected chi connectivity index (χ0v) is 11.7. The van der Waals surface area contributed by atoms with Crippen molar-refractivity contribution in [2.24, 2.45) is 0 Å². The number of aromatic nitrogens is 1. The van der Waals surface area contributed by atoms with Crippen LogP contribution in [0.3, 0.4) is 0 Å². The minimum absolute atomic E-state index is 0.0588. The van der Waals surface area contributed by atoms with E-state index < -0.39 is 0 Å². The number of morpholine rings is 1. The van der Waals surface area contributed by atoms with E-state index in [1.54, 1.807) is 11.3 Å². The molecule has 0 spiro atoms. The van der Waals surface area contributed by atoms with E-state index in [9.17, 15) is 5.11 Å². The minimum atomic E-state index is -0.237. The monoisotopic (exact) mass is 256 g/mol. The van der Waals surface area contributed by atoms with E-state index >= 15 is 0 Å². The van der Waals surface area contributed by atoms with E-state index in [-0.39, 0.29) is 18.3 Å². The molecule has 1 aromatic heterocycles. The normalized spacial score (nSPS) is 24.1. The quantitative estimate of drug-likeness (QED) is 0.875. The summed E-state index contributed by atoms with van der Waals surface area (Å²) in [6.07, 6.45) is -0.122. The maximum Gasteiger partial charge on any atom is 0.185 e. The fraction of sp³-hybridized carbons (Fsp3) is 0.750. The van der Waals surface area contributed by atoms with Crippen molar-refractivity contribution in [2.45, 2.75) is 39.4 Å². The Bertz CT molecular complexity index is 384. The first-order valence-electron chi connectivity index (χ1n) is 5.89. The van der Waals surface area contributed by atoms with E-state index in [1.807, 2.05) is 6.92 Å². The van der Waals surface area contributed by atoms with Crippen LogP contribution in [0.4, 0.5) is 5.13 Å². The lowest BCUT2D eigenvalue weighted by Crippen LogP contribution is -2.54. The molecule has 0 amide bonds. The third kappa shape index (κ3) is 2.78. The number of aryl methyl sites for hydroxylation is 2. The molecule has 17 heavy (non-hydrogen) atoms.